The maximum absolute atomic E-state index is 2.42. The fourth-order valence-electron chi connectivity index (χ4n) is 3.47. The molecule has 0 aliphatic heterocycles. The predicted octanol–water partition coefficient (Wildman–Crippen LogP) is 4.99. The summed E-state index contributed by atoms with van der Waals surface area (Å²) in [6.07, 6.45) is 7.97. The van der Waals surface area contributed by atoms with E-state index in [4.69, 9.17) is 0 Å². The average molecular weight is 234 g/mol. The van der Waals surface area contributed by atoms with Crippen molar-refractivity contribution in [2.45, 2.75) is 38.5 Å². The van der Waals surface area contributed by atoms with Crippen LogP contribution < -0.4 is 0 Å². The van der Waals surface area contributed by atoms with Crippen LogP contribution in [0.4, 0.5) is 0 Å². The Bertz CT molecular complexity index is 607. The Hall–Kier alpha value is -1.56. The van der Waals surface area contributed by atoms with E-state index < -0.39 is 0 Å². The first-order chi connectivity index (χ1) is 8.93. The summed E-state index contributed by atoms with van der Waals surface area (Å²) in [7, 11) is 0. The molecular weight excluding hydrogens is 216 g/mol. The molecule has 0 nitrogen and oxygen atoms in total. The van der Waals surface area contributed by atoms with Gasteiger partial charge in [-0.2, -0.15) is 0 Å². The summed E-state index contributed by atoms with van der Waals surface area (Å²) < 4.78 is 0. The van der Waals surface area contributed by atoms with Crippen molar-refractivity contribution in [2.24, 2.45) is 0 Å². The van der Waals surface area contributed by atoms with Crippen LogP contribution in [0, 0.1) is 0 Å². The van der Waals surface area contributed by atoms with Gasteiger partial charge in [-0.15, -0.1) is 0 Å². The largest absolute Gasteiger partial charge is 0.0613 e. The highest BCUT2D eigenvalue weighted by atomic mass is 14.3. The van der Waals surface area contributed by atoms with Gasteiger partial charge in [0.05, 0.1) is 0 Å². The van der Waals surface area contributed by atoms with Gasteiger partial charge in [0.25, 0.3) is 0 Å². The van der Waals surface area contributed by atoms with Gasteiger partial charge in [0.15, 0.2) is 0 Å². The van der Waals surface area contributed by atoms with E-state index >= 15 is 0 Å². The van der Waals surface area contributed by atoms with Gasteiger partial charge in [0.1, 0.15) is 0 Å². The average Bonchev–Trinajstić information content (AvgIpc) is 2.37. The van der Waals surface area contributed by atoms with Gasteiger partial charge in [-0.05, 0) is 59.1 Å². The summed E-state index contributed by atoms with van der Waals surface area (Å²) in [6.45, 7) is 0. The van der Waals surface area contributed by atoms with Crippen molar-refractivity contribution >= 4 is 0 Å². The highest BCUT2D eigenvalue weighted by molar-refractivity contribution is 6.04. The molecule has 0 spiro atoms. The summed E-state index contributed by atoms with van der Waals surface area (Å²) >= 11 is 0. The highest BCUT2D eigenvalue weighted by Gasteiger charge is 2.24. The Kier molecular flexibility index (Phi) is 2.29. The Morgan fingerprint density at radius 1 is 0.667 bits per heavy atom. The lowest BCUT2D eigenvalue weighted by molar-refractivity contribution is 0.640. The monoisotopic (exact) mass is 234 g/mol. The van der Waals surface area contributed by atoms with Crippen LogP contribution in [0.15, 0.2) is 36.4 Å². The lowest BCUT2D eigenvalue weighted by atomic mass is 9.76. The molecule has 0 unspecified atom stereocenters. The Morgan fingerprint density at radius 2 is 1.56 bits per heavy atom. The molecule has 6 bridgehead atoms. The van der Waals surface area contributed by atoms with Gasteiger partial charge < -0.3 is 0 Å². The smallest absolute Gasteiger partial charge is 0.00668 e. The van der Waals surface area contributed by atoms with Crippen LogP contribution in [0.1, 0.15) is 36.8 Å². The van der Waals surface area contributed by atoms with Crippen LogP contribution >= 0.6 is 0 Å². The van der Waals surface area contributed by atoms with E-state index in [0.29, 0.717) is 0 Å². The van der Waals surface area contributed by atoms with E-state index in [1.807, 2.05) is 0 Å². The zero-order valence-electron chi connectivity index (χ0n) is 10.7. The SMILES string of the molecule is c1cc2c3c(c1)-c1cc(ccc1-3)CCCCCC2. The molecule has 0 saturated heterocycles. The first-order valence-corrected chi connectivity index (χ1v) is 7.19. The quantitative estimate of drug-likeness (QED) is 0.514. The van der Waals surface area contributed by atoms with E-state index in [1.165, 1.54) is 60.8 Å². The molecule has 0 aromatic heterocycles. The predicted molar refractivity (Wildman–Crippen MR) is 76.7 cm³/mol. The van der Waals surface area contributed by atoms with Crippen molar-refractivity contribution < 1.29 is 0 Å². The molecule has 0 saturated carbocycles. The minimum Gasteiger partial charge on any atom is -0.0613 e. The van der Waals surface area contributed by atoms with Crippen molar-refractivity contribution in [3.8, 4) is 22.3 Å². The summed E-state index contributed by atoms with van der Waals surface area (Å²) in [6, 6.07) is 13.9. The summed E-state index contributed by atoms with van der Waals surface area (Å²) in [5, 5.41) is 0. The Balaban J connectivity index is 1.88. The number of benzene rings is 2. The topological polar surface area (TPSA) is 0 Å². The van der Waals surface area contributed by atoms with Gasteiger partial charge in [-0.1, -0.05) is 49.2 Å². The summed E-state index contributed by atoms with van der Waals surface area (Å²) in [5.41, 5.74) is 9.10. The third-order valence-electron chi connectivity index (χ3n) is 4.46. The number of hydrogen-bond acceptors (Lipinski definition) is 0. The Labute approximate surface area is 109 Å². The highest BCUT2D eigenvalue weighted by Crippen LogP contribution is 2.49. The number of rotatable bonds is 0. The maximum Gasteiger partial charge on any atom is -0.00668 e. The zero-order valence-corrected chi connectivity index (χ0v) is 10.7. The number of hydrogen-bond donors (Lipinski definition) is 0. The molecule has 0 heteroatoms. The van der Waals surface area contributed by atoms with E-state index in [1.54, 1.807) is 11.1 Å². The second-order valence-electron chi connectivity index (χ2n) is 5.63. The second kappa shape index (κ2) is 3.98. The third kappa shape index (κ3) is 1.45. The van der Waals surface area contributed by atoms with Gasteiger partial charge in [-0.25, -0.2) is 0 Å². The number of aryl methyl sites for hydroxylation is 2. The lowest BCUT2D eigenvalue weighted by Gasteiger charge is -2.28. The van der Waals surface area contributed by atoms with Crippen LogP contribution in [-0.2, 0) is 12.8 Å². The molecule has 2 aromatic carbocycles. The minimum atomic E-state index is 1.25. The molecule has 0 atom stereocenters. The van der Waals surface area contributed by atoms with Crippen LogP contribution in [0.5, 0.6) is 0 Å². The summed E-state index contributed by atoms with van der Waals surface area (Å²) in [5.74, 6) is 0. The van der Waals surface area contributed by atoms with Crippen LogP contribution in [0.2, 0.25) is 0 Å². The van der Waals surface area contributed by atoms with E-state index in [2.05, 4.69) is 36.4 Å². The molecule has 0 radical (unpaired) electrons. The molecule has 3 aliphatic rings. The maximum atomic E-state index is 2.42. The number of fused-ring (bicyclic) bond motifs is 6. The van der Waals surface area contributed by atoms with Crippen molar-refractivity contribution in [3.05, 3.63) is 47.5 Å². The lowest BCUT2D eigenvalue weighted by Crippen LogP contribution is -2.05. The van der Waals surface area contributed by atoms with Gasteiger partial charge in [0, 0.05) is 0 Å². The normalized spacial score (nSPS) is 16.7. The molecule has 0 N–H and O–H groups in total. The zero-order chi connectivity index (χ0) is 11.9. The van der Waals surface area contributed by atoms with E-state index in [9.17, 15) is 0 Å². The van der Waals surface area contributed by atoms with E-state index in [-0.39, 0.29) is 0 Å². The molecule has 3 aliphatic carbocycles. The van der Waals surface area contributed by atoms with Crippen molar-refractivity contribution in [2.75, 3.05) is 0 Å². The second-order valence-corrected chi connectivity index (χ2v) is 5.63. The first kappa shape index (κ1) is 10.4. The first-order valence-electron chi connectivity index (χ1n) is 7.19. The van der Waals surface area contributed by atoms with Gasteiger partial charge >= 0.3 is 0 Å². The fourth-order valence-corrected chi connectivity index (χ4v) is 3.47. The molecule has 0 amide bonds. The van der Waals surface area contributed by atoms with Crippen molar-refractivity contribution in [1.29, 1.82) is 0 Å². The standard InChI is InChI=1S/C18H18/c1-2-4-7-14-8-5-9-15-17-12-13(6-3-1)10-11-16(17)18(14)15/h5,8-12H,1-4,6-7H2. The van der Waals surface area contributed by atoms with Crippen molar-refractivity contribution in [3.63, 3.8) is 0 Å². The molecule has 5 rings (SSSR count). The van der Waals surface area contributed by atoms with Crippen molar-refractivity contribution in [1.82, 2.24) is 0 Å². The molecule has 18 heavy (non-hydrogen) atoms. The van der Waals surface area contributed by atoms with Gasteiger partial charge in [0.2, 0.25) is 0 Å². The Morgan fingerprint density at radius 3 is 2.50 bits per heavy atom. The molecule has 90 valence electrons. The van der Waals surface area contributed by atoms with Crippen LogP contribution in [-0.4, -0.2) is 0 Å². The van der Waals surface area contributed by atoms with Crippen LogP contribution in [0.3, 0.4) is 0 Å². The van der Waals surface area contributed by atoms with Crippen LogP contribution in [0.25, 0.3) is 22.3 Å². The molecule has 2 aromatic rings. The van der Waals surface area contributed by atoms with E-state index in [0.717, 1.165) is 0 Å². The molecule has 0 fully saturated rings. The van der Waals surface area contributed by atoms with Gasteiger partial charge in [-0.3, -0.25) is 0 Å². The minimum absolute atomic E-state index is 1.25. The fraction of sp³-hybridized carbons (Fsp3) is 0.333. The third-order valence-corrected chi connectivity index (χ3v) is 4.46. The molecular formula is C18H18. The summed E-state index contributed by atoms with van der Waals surface area (Å²) in [4.78, 5) is 0. The molecule has 0 heterocycles.